The number of anilines is 4. The van der Waals surface area contributed by atoms with Gasteiger partial charge < -0.3 is 15.4 Å². The molecule has 1 aromatic heterocycles. The zero-order valence-electron chi connectivity index (χ0n) is 23.8. The van der Waals surface area contributed by atoms with Crippen molar-refractivity contribution in [3.05, 3.63) is 62.2 Å². The first-order chi connectivity index (χ1) is 18.3. The number of nitrogens with zero attached hydrogens (tertiary/aromatic N) is 1. The predicted molar refractivity (Wildman–Crippen MR) is 153 cm³/mol. The lowest BCUT2D eigenvalue weighted by Gasteiger charge is -2.22. The molecular weight excluding hydrogens is 558 g/mol. The Morgan fingerprint density at radius 2 is 1.07 bits per heavy atom. The molecule has 4 N–H and O–H groups in total. The van der Waals surface area contributed by atoms with Gasteiger partial charge >= 0.3 is 5.97 Å². The summed E-state index contributed by atoms with van der Waals surface area (Å²) in [5.74, 6) is -0.358. The second-order valence-electron chi connectivity index (χ2n) is 9.80. The number of aryl methyl sites for hydroxylation is 4. The van der Waals surface area contributed by atoms with E-state index in [1.54, 1.807) is 60.6 Å². The minimum atomic E-state index is -4.55. The molecule has 0 unspecified atom stereocenters. The van der Waals surface area contributed by atoms with E-state index in [9.17, 15) is 30.7 Å². The van der Waals surface area contributed by atoms with E-state index < -0.39 is 26.2 Å². The quantitative estimate of drug-likeness (QED) is 0.207. The summed E-state index contributed by atoms with van der Waals surface area (Å²) in [7, 11) is -7.85. The zero-order valence-corrected chi connectivity index (χ0v) is 25.4. The van der Waals surface area contributed by atoms with E-state index in [4.69, 9.17) is 4.74 Å². The van der Waals surface area contributed by atoms with Crippen molar-refractivity contribution in [2.45, 2.75) is 65.2 Å². The molecule has 0 amide bonds. The molecule has 0 radical (unpaired) electrons. The van der Waals surface area contributed by atoms with Gasteiger partial charge in [0.25, 0.3) is 20.2 Å². The fourth-order valence-electron chi connectivity index (χ4n) is 5.11. The number of ether oxygens (including phenoxy) is 1. The molecule has 2 aromatic carbocycles. The molecule has 11 nitrogen and oxygen atoms in total. The van der Waals surface area contributed by atoms with Crippen molar-refractivity contribution in [2.24, 2.45) is 0 Å². The van der Waals surface area contributed by atoms with Crippen molar-refractivity contribution in [2.75, 3.05) is 17.7 Å². The summed E-state index contributed by atoms with van der Waals surface area (Å²) < 4.78 is 73.1. The van der Waals surface area contributed by atoms with Crippen LogP contribution in [0.3, 0.4) is 0 Å². The second kappa shape index (κ2) is 10.8. The number of carbonyl (C=O) groups is 1. The van der Waals surface area contributed by atoms with E-state index in [0.29, 0.717) is 44.8 Å². The third-order valence-electron chi connectivity index (χ3n) is 6.95. The number of aromatic nitrogens is 1. The van der Waals surface area contributed by atoms with Gasteiger partial charge in [0.05, 0.1) is 7.11 Å². The maximum Gasteiger partial charge on any atom is 0.341 e. The van der Waals surface area contributed by atoms with Crippen molar-refractivity contribution < 1.29 is 35.5 Å². The van der Waals surface area contributed by atoms with E-state index >= 15 is 0 Å². The summed E-state index contributed by atoms with van der Waals surface area (Å²) in [6, 6.07) is 3.21. The van der Waals surface area contributed by atoms with Crippen LogP contribution in [-0.4, -0.2) is 44.0 Å². The average Bonchev–Trinajstić information content (AvgIpc) is 2.79. The minimum Gasteiger partial charge on any atom is -0.465 e. The van der Waals surface area contributed by atoms with Gasteiger partial charge in [0, 0.05) is 11.4 Å². The smallest absolute Gasteiger partial charge is 0.341 e. The van der Waals surface area contributed by atoms with Gasteiger partial charge in [0.15, 0.2) is 0 Å². The van der Waals surface area contributed by atoms with Crippen LogP contribution in [0, 0.1) is 55.4 Å². The Balaban J connectivity index is 2.32. The number of esters is 1. The Bertz CT molecular complexity index is 1780. The van der Waals surface area contributed by atoms with Crippen LogP contribution < -0.4 is 10.6 Å². The number of carbonyl (C=O) groups excluding carboxylic acids is 1. The van der Waals surface area contributed by atoms with Gasteiger partial charge in [-0.2, -0.15) is 16.8 Å². The number of nitrogens with one attached hydrogen (secondary N) is 2. The van der Waals surface area contributed by atoms with E-state index in [1.807, 2.05) is 0 Å². The van der Waals surface area contributed by atoms with Crippen molar-refractivity contribution in [1.82, 2.24) is 4.98 Å². The fourth-order valence-corrected chi connectivity index (χ4v) is 7.02. The molecule has 0 saturated heterocycles. The molecule has 40 heavy (non-hydrogen) atoms. The van der Waals surface area contributed by atoms with E-state index in [1.165, 1.54) is 14.0 Å². The van der Waals surface area contributed by atoms with E-state index in [0.717, 1.165) is 0 Å². The third-order valence-corrected chi connectivity index (χ3v) is 9.24. The monoisotopic (exact) mass is 591 g/mol. The summed E-state index contributed by atoms with van der Waals surface area (Å²) in [6.45, 7) is 13.2. The summed E-state index contributed by atoms with van der Waals surface area (Å²) in [4.78, 5) is 17.0. The minimum absolute atomic E-state index is 0.0474. The molecule has 13 heteroatoms. The summed E-state index contributed by atoms with van der Waals surface area (Å²) in [5, 5.41) is 6.23. The van der Waals surface area contributed by atoms with Crippen molar-refractivity contribution in [3.63, 3.8) is 0 Å². The van der Waals surface area contributed by atoms with Crippen LogP contribution in [0.15, 0.2) is 21.9 Å². The predicted octanol–water partition coefficient (Wildman–Crippen LogP) is 5.32. The number of hydrogen-bond acceptors (Lipinski definition) is 9. The van der Waals surface area contributed by atoms with E-state index in [-0.39, 0.29) is 38.1 Å². The van der Waals surface area contributed by atoms with Gasteiger partial charge in [0.1, 0.15) is 27.0 Å². The SMILES string of the molecule is COC(=O)c1c(Nc2c(C)cc(C)c(S(=O)(=O)O)c2C)nc(Nc2c(C)cc(C)c(S(=O)(=O)O)c2C)c(C)c1C. The highest BCUT2D eigenvalue weighted by Gasteiger charge is 2.26. The molecule has 216 valence electrons. The Morgan fingerprint density at radius 1 is 0.675 bits per heavy atom. The first-order valence-electron chi connectivity index (χ1n) is 12.1. The second-order valence-corrected chi connectivity index (χ2v) is 12.5. The van der Waals surface area contributed by atoms with Crippen molar-refractivity contribution in [3.8, 4) is 0 Å². The standard InChI is InChI=1S/C27H33N3O8S2/c1-12-10-14(3)23(39(32,33)34)18(7)21(12)28-25-17(6)16(5)20(27(31)38-9)26(30-25)29-22-13(2)11-15(4)24(19(22)8)40(35,36)37/h10-11H,1-9H3,(H2,28,29,30)(H,32,33,34)(H,35,36,37). The van der Waals surface area contributed by atoms with Gasteiger partial charge in [-0.15, -0.1) is 0 Å². The Hall–Kier alpha value is -3.52. The molecule has 0 spiro atoms. The van der Waals surface area contributed by atoms with Crippen LogP contribution in [0.4, 0.5) is 23.0 Å². The molecule has 0 fully saturated rings. The lowest BCUT2D eigenvalue weighted by atomic mass is 10.0. The number of benzene rings is 2. The molecule has 0 saturated carbocycles. The molecule has 3 rings (SSSR count). The topological polar surface area (TPSA) is 172 Å². The number of methoxy groups -OCH3 is 1. The largest absolute Gasteiger partial charge is 0.465 e. The molecule has 0 bridgehead atoms. The summed E-state index contributed by atoms with van der Waals surface area (Å²) in [5.41, 5.74) is 4.47. The van der Waals surface area contributed by atoms with Crippen molar-refractivity contribution in [1.29, 1.82) is 0 Å². The van der Waals surface area contributed by atoms with Gasteiger partial charge in [-0.3, -0.25) is 9.11 Å². The Morgan fingerprint density at radius 3 is 1.45 bits per heavy atom. The van der Waals surface area contributed by atoms with Crippen LogP contribution in [0.25, 0.3) is 0 Å². The van der Waals surface area contributed by atoms with Gasteiger partial charge in [-0.1, -0.05) is 12.1 Å². The van der Waals surface area contributed by atoms with E-state index in [2.05, 4.69) is 15.6 Å². The maximum atomic E-state index is 12.9. The van der Waals surface area contributed by atoms with Crippen LogP contribution in [0.2, 0.25) is 0 Å². The third kappa shape index (κ3) is 5.68. The lowest BCUT2D eigenvalue weighted by molar-refractivity contribution is 0.0600. The highest BCUT2D eigenvalue weighted by molar-refractivity contribution is 7.86. The number of pyridine rings is 1. The first-order valence-corrected chi connectivity index (χ1v) is 15.0. The first kappa shape index (κ1) is 31.0. The van der Waals surface area contributed by atoms with Crippen LogP contribution in [-0.2, 0) is 25.0 Å². The van der Waals surface area contributed by atoms with Gasteiger partial charge in [-0.05, 0) is 99.9 Å². The molecule has 0 aliphatic rings. The normalized spacial score (nSPS) is 11.9. The van der Waals surface area contributed by atoms with Gasteiger partial charge in [0.2, 0.25) is 0 Å². The highest BCUT2D eigenvalue weighted by atomic mass is 32.2. The molecular formula is C27H33N3O8S2. The van der Waals surface area contributed by atoms with Crippen LogP contribution in [0.1, 0.15) is 54.9 Å². The lowest BCUT2D eigenvalue weighted by Crippen LogP contribution is -2.15. The number of hydrogen-bond donors (Lipinski definition) is 4. The Labute approximate surface area is 234 Å². The van der Waals surface area contributed by atoms with Crippen molar-refractivity contribution >= 4 is 49.2 Å². The molecule has 0 aliphatic heterocycles. The zero-order chi connectivity index (χ0) is 30.5. The molecule has 0 atom stereocenters. The van der Waals surface area contributed by atoms with Gasteiger partial charge in [-0.25, -0.2) is 9.78 Å². The fraction of sp³-hybridized carbons (Fsp3) is 0.333. The van der Waals surface area contributed by atoms with Crippen LogP contribution >= 0.6 is 0 Å². The molecule has 3 aromatic rings. The Kier molecular flexibility index (Phi) is 8.38. The maximum absolute atomic E-state index is 12.9. The number of rotatable bonds is 7. The molecule has 0 aliphatic carbocycles. The summed E-state index contributed by atoms with van der Waals surface area (Å²) >= 11 is 0. The summed E-state index contributed by atoms with van der Waals surface area (Å²) in [6.07, 6.45) is 0. The molecule has 1 heterocycles. The highest BCUT2D eigenvalue weighted by Crippen LogP contribution is 2.37. The average molecular weight is 592 g/mol. The van der Waals surface area contributed by atoms with Crippen LogP contribution in [0.5, 0.6) is 0 Å².